The lowest BCUT2D eigenvalue weighted by molar-refractivity contribution is -0.384. The van der Waals surface area contributed by atoms with Gasteiger partial charge in [0.2, 0.25) is 0 Å². The number of hydrogen-bond donors (Lipinski definition) is 1. The summed E-state index contributed by atoms with van der Waals surface area (Å²) in [5, 5.41) is 20.3. The molecule has 1 saturated heterocycles. The van der Waals surface area contributed by atoms with E-state index >= 15 is 0 Å². The number of halogens is 1. The lowest BCUT2D eigenvalue weighted by Gasteiger charge is -2.37. The van der Waals surface area contributed by atoms with Crippen molar-refractivity contribution in [3.8, 4) is 0 Å². The van der Waals surface area contributed by atoms with E-state index in [0.29, 0.717) is 10.2 Å². The molecule has 0 aromatic heterocycles. The molecule has 0 amide bonds. The van der Waals surface area contributed by atoms with Crippen molar-refractivity contribution in [1.29, 1.82) is 0 Å². The van der Waals surface area contributed by atoms with Crippen LogP contribution in [0.4, 0.5) is 11.4 Å². The topological polar surface area (TPSA) is 66.6 Å². The summed E-state index contributed by atoms with van der Waals surface area (Å²) in [5.41, 5.74) is 0.703. The molecule has 1 fully saturated rings. The molecule has 1 atom stereocenters. The number of anilines is 1. The van der Waals surface area contributed by atoms with E-state index in [1.165, 1.54) is 0 Å². The molecule has 1 aliphatic rings. The van der Waals surface area contributed by atoms with Crippen molar-refractivity contribution in [2.45, 2.75) is 38.1 Å². The molecule has 1 unspecified atom stereocenters. The summed E-state index contributed by atoms with van der Waals surface area (Å²) in [6, 6.07) is 5.21. The summed E-state index contributed by atoms with van der Waals surface area (Å²) < 4.78 is 0.712. The first-order valence-electron chi connectivity index (χ1n) is 6.80. The largest absolute Gasteiger partial charge is 0.396 e. The van der Waals surface area contributed by atoms with Crippen LogP contribution in [0.25, 0.3) is 0 Å². The van der Waals surface area contributed by atoms with Gasteiger partial charge in [-0.25, -0.2) is 0 Å². The van der Waals surface area contributed by atoms with Crippen LogP contribution in [-0.2, 0) is 0 Å². The second-order valence-electron chi connectivity index (χ2n) is 5.47. The van der Waals surface area contributed by atoms with Gasteiger partial charge in [0, 0.05) is 29.2 Å². The highest BCUT2D eigenvalue weighted by Crippen LogP contribution is 2.41. The SMILES string of the molecule is CC1(CCCO)CCCN1c1ccc(Br)cc1[N+](=O)[O-]. The molecule has 110 valence electrons. The van der Waals surface area contributed by atoms with Crippen LogP contribution in [-0.4, -0.2) is 28.7 Å². The molecule has 0 saturated carbocycles. The molecule has 1 aliphatic heterocycles. The monoisotopic (exact) mass is 342 g/mol. The maximum atomic E-state index is 11.3. The van der Waals surface area contributed by atoms with Crippen LogP contribution >= 0.6 is 15.9 Å². The Balaban J connectivity index is 2.37. The van der Waals surface area contributed by atoms with Gasteiger partial charge in [0.05, 0.1) is 4.92 Å². The van der Waals surface area contributed by atoms with Crippen molar-refractivity contribution < 1.29 is 10.0 Å². The van der Waals surface area contributed by atoms with Gasteiger partial charge in [0.25, 0.3) is 5.69 Å². The van der Waals surface area contributed by atoms with Crippen molar-refractivity contribution in [1.82, 2.24) is 0 Å². The van der Waals surface area contributed by atoms with Gasteiger partial charge in [-0.3, -0.25) is 10.1 Å². The van der Waals surface area contributed by atoms with Crippen LogP contribution in [0.2, 0.25) is 0 Å². The normalized spacial score (nSPS) is 22.2. The third kappa shape index (κ3) is 2.96. The zero-order valence-electron chi connectivity index (χ0n) is 11.5. The van der Waals surface area contributed by atoms with Crippen molar-refractivity contribution in [2.24, 2.45) is 0 Å². The Bertz CT molecular complexity index is 509. The summed E-state index contributed by atoms with van der Waals surface area (Å²) in [4.78, 5) is 13.1. The third-order valence-electron chi connectivity index (χ3n) is 4.05. The Labute approximate surface area is 126 Å². The second-order valence-corrected chi connectivity index (χ2v) is 6.39. The van der Waals surface area contributed by atoms with Gasteiger partial charge in [-0.05, 0) is 44.7 Å². The third-order valence-corrected chi connectivity index (χ3v) is 4.54. The number of aliphatic hydroxyl groups is 1. The van der Waals surface area contributed by atoms with Crippen LogP contribution in [0.5, 0.6) is 0 Å². The molecule has 1 aromatic carbocycles. The molecule has 1 N–H and O–H groups in total. The Morgan fingerprint density at radius 1 is 1.55 bits per heavy atom. The second kappa shape index (κ2) is 6.10. The van der Waals surface area contributed by atoms with Crippen molar-refractivity contribution in [2.75, 3.05) is 18.1 Å². The standard InChI is InChI=1S/C14H19BrN2O3/c1-14(7-3-9-18)6-2-8-16(14)12-5-4-11(15)10-13(12)17(19)20/h4-5,10,18H,2-3,6-9H2,1H3. The Kier molecular flexibility index (Phi) is 4.65. The van der Waals surface area contributed by atoms with Gasteiger partial charge in [-0.15, -0.1) is 0 Å². The molecule has 0 aliphatic carbocycles. The van der Waals surface area contributed by atoms with Crippen LogP contribution in [0.15, 0.2) is 22.7 Å². The molecule has 2 rings (SSSR count). The minimum atomic E-state index is -0.328. The Morgan fingerprint density at radius 3 is 2.95 bits per heavy atom. The van der Waals surface area contributed by atoms with Crippen molar-refractivity contribution in [3.63, 3.8) is 0 Å². The van der Waals surface area contributed by atoms with E-state index in [-0.39, 0.29) is 22.8 Å². The molecule has 0 spiro atoms. The molecular formula is C14H19BrN2O3. The van der Waals surface area contributed by atoms with Gasteiger partial charge >= 0.3 is 0 Å². The van der Waals surface area contributed by atoms with Gasteiger partial charge in [-0.1, -0.05) is 15.9 Å². The Hall–Kier alpha value is -1.14. The van der Waals surface area contributed by atoms with E-state index in [2.05, 4.69) is 27.8 Å². The summed E-state index contributed by atoms with van der Waals surface area (Å²) in [6.45, 7) is 3.11. The molecule has 1 aromatic rings. The highest BCUT2D eigenvalue weighted by Gasteiger charge is 2.38. The molecule has 1 heterocycles. The van der Waals surface area contributed by atoms with Crippen LogP contribution < -0.4 is 4.90 Å². The van der Waals surface area contributed by atoms with Crippen molar-refractivity contribution in [3.05, 3.63) is 32.8 Å². The number of benzene rings is 1. The van der Waals surface area contributed by atoms with Crippen LogP contribution in [0.3, 0.4) is 0 Å². The fourth-order valence-electron chi connectivity index (χ4n) is 3.03. The highest BCUT2D eigenvalue weighted by atomic mass is 79.9. The first-order valence-corrected chi connectivity index (χ1v) is 7.60. The predicted molar refractivity (Wildman–Crippen MR) is 82.1 cm³/mol. The van der Waals surface area contributed by atoms with E-state index in [0.717, 1.165) is 32.2 Å². The zero-order chi connectivity index (χ0) is 14.8. The van der Waals surface area contributed by atoms with Crippen molar-refractivity contribution >= 4 is 27.3 Å². The molecule has 0 bridgehead atoms. The predicted octanol–water partition coefficient (Wildman–Crippen LogP) is 3.49. The van der Waals surface area contributed by atoms with E-state index in [1.807, 2.05) is 12.1 Å². The maximum absolute atomic E-state index is 11.3. The van der Waals surface area contributed by atoms with E-state index in [1.54, 1.807) is 6.07 Å². The first kappa shape index (κ1) is 15.3. The quantitative estimate of drug-likeness (QED) is 0.656. The van der Waals surface area contributed by atoms with Crippen LogP contribution in [0, 0.1) is 10.1 Å². The van der Waals surface area contributed by atoms with Gasteiger partial charge < -0.3 is 10.0 Å². The summed E-state index contributed by atoms with van der Waals surface area (Å²) in [6.07, 6.45) is 3.59. The van der Waals surface area contributed by atoms with Gasteiger partial charge in [0.15, 0.2) is 0 Å². The highest BCUT2D eigenvalue weighted by molar-refractivity contribution is 9.10. The molecule has 5 nitrogen and oxygen atoms in total. The van der Waals surface area contributed by atoms with Crippen LogP contribution in [0.1, 0.15) is 32.6 Å². The van der Waals surface area contributed by atoms with Gasteiger partial charge in [-0.2, -0.15) is 0 Å². The first-order chi connectivity index (χ1) is 9.48. The number of rotatable bonds is 5. The minimum absolute atomic E-state index is 0.110. The van der Waals surface area contributed by atoms with E-state index in [9.17, 15) is 10.1 Å². The summed E-state index contributed by atoms with van der Waals surface area (Å²) in [7, 11) is 0. The smallest absolute Gasteiger partial charge is 0.293 e. The minimum Gasteiger partial charge on any atom is -0.396 e. The fourth-order valence-corrected chi connectivity index (χ4v) is 3.37. The summed E-state index contributed by atoms with van der Waals surface area (Å²) >= 11 is 3.29. The number of nitro benzene ring substituents is 1. The molecule has 0 radical (unpaired) electrons. The number of hydrogen-bond acceptors (Lipinski definition) is 4. The average Bonchev–Trinajstić information content (AvgIpc) is 2.79. The Morgan fingerprint density at radius 2 is 2.30 bits per heavy atom. The zero-order valence-corrected chi connectivity index (χ0v) is 13.1. The fraction of sp³-hybridized carbons (Fsp3) is 0.571. The van der Waals surface area contributed by atoms with E-state index < -0.39 is 0 Å². The lowest BCUT2D eigenvalue weighted by atomic mass is 9.92. The van der Waals surface area contributed by atoms with Gasteiger partial charge in [0.1, 0.15) is 5.69 Å². The number of aliphatic hydroxyl groups excluding tert-OH is 1. The lowest BCUT2D eigenvalue weighted by Crippen LogP contribution is -2.41. The summed E-state index contributed by atoms with van der Waals surface area (Å²) in [5.74, 6) is 0. The average molecular weight is 343 g/mol. The molecule has 20 heavy (non-hydrogen) atoms. The molecule has 6 heteroatoms. The number of nitro groups is 1. The number of nitrogens with zero attached hydrogens (tertiary/aromatic N) is 2. The van der Waals surface area contributed by atoms with E-state index in [4.69, 9.17) is 5.11 Å². The maximum Gasteiger partial charge on any atom is 0.293 e. The molecular weight excluding hydrogens is 324 g/mol.